The lowest BCUT2D eigenvalue weighted by molar-refractivity contribution is -0.116. The van der Waals surface area contributed by atoms with Gasteiger partial charge in [0, 0.05) is 11.2 Å². The number of aliphatic imine (C=N–C) groups is 1. The van der Waals surface area contributed by atoms with Crippen molar-refractivity contribution >= 4 is 46.8 Å². The van der Waals surface area contributed by atoms with Gasteiger partial charge in [0.2, 0.25) is 0 Å². The van der Waals surface area contributed by atoms with E-state index in [0.717, 1.165) is 5.56 Å². The van der Waals surface area contributed by atoms with Crippen LogP contribution in [0, 0.1) is 6.92 Å². The first kappa shape index (κ1) is 14.0. The zero-order valence-corrected chi connectivity index (χ0v) is 13.0. The van der Waals surface area contributed by atoms with Gasteiger partial charge in [-0.1, -0.05) is 29.3 Å². The zero-order chi connectivity index (χ0) is 16.1. The van der Waals surface area contributed by atoms with E-state index in [9.17, 15) is 9.59 Å². The average molecular weight is 326 g/mol. The molecule has 2 aliphatic heterocycles. The molecule has 3 amide bonds. The van der Waals surface area contributed by atoms with Crippen molar-refractivity contribution < 1.29 is 9.59 Å². The van der Waals surface area contributed by atoms with Crippen LogP contribution in [0.15, 0.2) is 47.5 Å². The molecule has 4 rings (SSSR count). The lowest BCUT2D eigenvalue weighted by Gasteiger charge is -2.24. The Hall–Kier alpha value is -2.66. The van der Waals surface area contributed by atoms with Gasteiger partial charge in [0.1, 0.15) is 0 Å². The van der Waals surface area contributed by atoms with Gasteiger partial charge in [0.25, 0.3) is 5.91 Å². The van der Waals surface area contributed by atoms with Gasteiger partial charge in [-0.05, 0) is 37.3 Å². The molecule has 0 aromatic heterocycles. The van der Waals surface area contributed by atoms with E-state index in [2.05, 4.69) is 4.99 Å². The van der Waals surface area contributed by atoms with Gasteiger partial charge >= 0.3 is 6.03 Å². The van der Waals surface area contributed by atoms with Gasteiger partial charge in [0.15, 0.2) is 6.04 Å². The van der Waals surface area contributed by atoms with Crippen molar-refractivity contribution in [2.24, 2.45) is 4.99 Å². The lowest BCUT2D eigenvalue weighted by atomic mass is 10.1. The minimum absolute atomic E-state index is 0.303. The van der Waals surface area contributed by atoms with Crippen molar-refractivity contribution in [1.82, 2.24) is 0 Å². The van der Waals surface area contributed by atoms with E-state index in [1.165, 1.54) is 16.0 Å². The van der Waals surface area contributed by atoms with Gasteiger partial charge < -0.3 is 0 Å². The topological polar surface area (TPSA) is 53.0 Å². The summed E-state index contributed by atoms with van der Waals surface area (Å²) in [6.07, 6.45) is 1.49. The predicted octanol–water partition coefficient (Wildman–Crippen LogP) is 3.71. The van der Waals surface area contributed by atoms with Crippen molar-refractivity contribution in [1.29, 1.82) is 0 Å². The normalized spacial score (nSPS) is 19.1. The first-order chi connectivity index (χ1) is 11.1. The number of rotatable bonds is 1. The Morgan fingerprint density at radius 3 is 2.57 bits per heavy atom. The number of halogens is 1. The van der Waals surface area contributed by atoms with Crippen molar-refractivity contribution in [3.8, 4) is 0 Å². The molecule has 0 aliphatic carbocycles. The summed E-state index contributed by atoms with van der Waals surface area (Å²) in [4.78, 5) is 32.4. The number of anilines is 2. The first-order valence-corrected chi connectivity index (χ1v) is 7.51. The number of hydrogen-bond acceptors (Lipinski definition) is 3. The Balaban J connectivity index is 1.80. The van der Waals surface area contributed by atoms with Crippen LogP contribution >= 0.6 is 11.6 Å². The summed E-state index contributed by atoms with van der Waals surface area (Å²) in [6, 6.07) is 11.3. The quantitative estimate of drug-likeness (QED) is 0.751. The van der Waals surface area contributed by atoms with Gasteiger partial charge in [-0.15, -0.1) is 0 Å². The van der Waals surface area contributed by atoms with Crippen LogP contribution in [0.1, 0.15) is 5.56 Å². The number of amides is 3. The fourth-order valence-electron chi connectivity index (χ4n) is 2.83. The largest absolute Gasteiger partial charge is 0.337 e. The van der Waals surface area contributed by atoms with Crippen LogP contribution in [0.2, 0.25) is 5.02 Å². The number of fused-ring (bicyclic) bond motifs is 3. The molecular weight excluding hydrogens is 314 g/mol. The Kier molecular flexibility index (Phi) is 2.99. The fourth-order valence-corrected chi connectivity index (χ4v) is 3.00. The number of urea groups is 1. The van der Waals surface area contributed by atoms with E-state index in [-0.39, 0.29) is 11.9 Å². The van der Waals surface area contributed by atoms with Crippen LogP contribution in [-0.4, -0.2) is 24.2 Å². The molecule has 23 heavy (non-hydrogen) atoms. The fraction of sp³-hybridized carbons (Fsp3) is 0.118. The van der Waals surface area contributed by atoms with Gasteiger partial charge in [-0.25, -0.2) is 9.69 Å². The van der Waals surface area contributed by atoms with Crippen LogP contribution in [0.25, 0.3) is 0 Å². The summed E-state index contributed by atoms with van der Waals surface area (Å²) >= 11 is 5.97. The molecule has 2 heterocycles. The van der Waals surface area contributed by atoms with E-state index >= 15 is 0 Å². The van der Waals surface area contributed by atoms with Crippen molar-refractivity contribution in [2.75, 3.05) is 9.80 Å². The van der Waals surface area contributed by atoms with Gasteiger partial charge in [-0.3, -0.25) is 14.7 Å². The Morgan fingerprint density at radius 1 is 1.09 bits per heavy atom. The van der Waals surface area contributed by atoms with Crippen molar-refractivity contribution in [2.45, 2.75) is 13.0 Å². The maximum Gasteiger partial charge on any atom is 0.337 e. The van der Waals surface area contributed by atoms with Gasteiger partial charge in [0.05, 0.1) is 17.1 Å². The number of imide groups is 1. The molecule has 1 atom stereocenters. The molecule has 2 aromatic rings. The summed E-state index contributed by atoms with van der Waals surface area (Å²) < 4.78 is 0. The summed E-state index contributed by atoms with van der Waals surface area (Å²) in [5.74, 6) is -0.303. The Labute approximate surface area is 137 Å². The highest BCUT2D eigenvalue weighted by Gasteiger charge is 2.47. The molecule has 114 valence electrons. The lowest BCUT2D eigenvalue weighted by Crippen LogP contribution is -2.38. The highest BCUT2D eigenvalue weighted by Crippen LogP contribution is 2.39. The molecule has 2 aliphatic rings. The number of aryl methyl sites for hydroxylation is 1. The van der Waals surface area contributed by atoms with Crippen LogP contribution in [0.3, 0.4) is 0 Å². The van der Waals surface area contributed by atoms with E-state index in [4.69, 9.17) is 11.6 Å². The molecule has 0 radical (unpaired) electrons. The number of hydrogen-bond donors (Lipinski definition) is 0. The molecule has 0 bridgehead atoms. The Bertz CT molecular complexity index is 861. The van der Waals surface area contributed by atoms with Crippen LogP contribution < -0.4 is 9.80 Å². The van der Waals surface area contributed by atoms with E-state index in [0.29, 0.717) is 22.1 Å². The second-order valence-corrected chi connectivity index (χ2v) is 5.95. The molecule has 1 saturated heterocycles. The highest BCUT2D eigenvalue weighted by atomic mass is 35.5. The molecule has 5 nitrogen and oxygen atoms in total. The minimum atomic E-state index is -0.711. The number of carbonyl (C=O) groups excluding carboxylic acids is 2. The molecule has 0 spiro atoms. The maximum atomic E-state index is 12.8. The van der Waals surface area contributed by atoms with E-state index in [1.54, 1.807) is 30.3 Å². The monoisotopic (exact) mass is 325 g/mol. The SMILES string of the molecule is Cc1ccc(N2C(=O)C3C=Nc4cc(Cl)ccc4N3C2=O)cc1. The number of nitrogens with zero attached hydrogens (tertiary/aromatic N) is 3. The van der Waals surface area contributed by atoms with Crippen molar-refractivity contribution in [3.63, 3.8) is 0 Å². The third kappa shape index (κ3) is 2.04. The molecule has 2 aromatic carbocycles. The minimum Gasteiger partial charge on any atom is -0.274 e. The smallest absolute Gasteiger partial charge is 0.274 e. The summed E-state index contributed by atoms with van der Waals surface area (Å²) in [5.41, 5.74) is 2.80. The third-order valence-electron chi connectivity index (χ3n) is 3.99. The maximum absolute atomic E-state index is 12.8. The van der Waals surface area contributed by atoms with Crippen molar-refractivity contribution in [3.05, 3.63) is 53.1 Å². The Morgan fingerprint density at radius 2 is 1.83 bits per heavy atom. The molecule has 6 heteroatoms. The first-order valence-electron chi connectivity index (χ1n) is 7.14. The molecule has 0 N–H and O–H groups in total. The average Bonchev–Trinajstić information content (AvgIpc) is 2.80. The predicted molar refractivity (Wildman–Crippen MR) is 89.9 cm³/mol. The zero-order valence-electron chi connectivity index (χ0n) is 12.2. The second kappa shape index (κ2) is 4.93. The summed E-state index contributed by atoms with van der Waals surface area (Å²) in [7, 11) is 0. The molecule has 1 fully saturated rings. The van der Waals surface area contributed by atoms with E-state index < -0.39 is 6.04 Å². The van der Waals surface area contributed by atoms with Crippen LogP contribution in [-0.2, 0) is 4.79 Å². The summed E-state index contributed by atoms with van der Waals surface area (Å²) in [6.45, 7) is 1.95. The highest BCUT2D eigenvalue weighted by molar-refractivity contribution is 6.35. The molecule has 0 saturated carbocycles. The number of carbonyl (C=O) groups is 2. The van der Waals surface area contributed by atoms with Crippen LogP contribution in [0.4, 0.5) is 21.9 Å². The number of benzene rings is 2. The third-order valence-corrected chi connectivity index (χ3v) is 4.23. The van der Waals surface area contributed by atoms with Gasteiger partial charge in [-0.2, -0.15) is 0 Å². The standard InChI is InChI=1S/C17H12ClN3O2/c1-10-2-5-12(6-3-10)20-16(22)15-9-19-13-8-11(18)4-7-14(13)21(15)17(20)23/h2-9,15H,1H3. The molecular formula is C17H12ClN3O2. The molecule has 1 unspecified atom stereocenters. The summed E-state index contributed by atoms with van der Waals surface area (Å²) in [5, 5.41) is 0.535. The van der Waals surface area contributed by atoms with E-state index in [1.807, 2.05) is 19.1 Å². The second-order valence-electron chi connectivity index (χ2n) is 5.52. The van der Waals surface area contributed by atoms with Crippen LogP contribution in [0.5, 0.6) is 0 Å².